The summed E-state index contributed by atoms with van der Waals surface area (Å²) in [6.07, 6.45) is 4.92. The third kappa shape index (κ3) is 2.22. The van der Waals surface area contributed by atoms with Crippen molar-refractivity contribution in [2.75, 3.05) is 34.9 Å². The number of benzene rings is 1. The van der Waals surface area contributed by atoms with Crippen molar-refractivity contribution in [1.82, 2.24) is 4.90 Å². The van der Waals surface area contributed by atoms with Crippen molar-refractivity contribution in [2.45, 2.75) is 36.8 Å². The van der Waals surface area contributed by atoms with E-state index < -0.39 is 0 Å². The summed E-state index contributed by atoms with van der Waals surface area (Å²) in [5, 5.41) is 11.0. The molecule has 2 bridgehead atoms. The molecule has 4 rings (SSSR count). The van der Waals surface area contributed by atoms with Gasteiger partial charge in [-0.05, 0) is 50.6 Å². The number of nitrogens with zero attached hydrogens (tertiary/aromatic N) is 1. The number of phenolic OH excluding ortho intramolecular Hbond substituents is 1. The van der Waals surface area contributed by atoms with Crippen molar-refractivity contribution in [2.24, 2.45) is 5.92 Å². The fraction of sp³-hybridized carbons (Fsp3) is 0.600. The quantitative estimate of drug-likeness (QED) is 0.912. The average Bonchev–Trinajstić information content (AvgIpc) is 2.63. The van der Waals surface area contributed by atoms with E-state index in [1.54, 1.807) is 21.3 Å². The second-order valence-electron chi connectivity index (χ2n) is 7.54. The molecular weight excluding hydrogens is 318 g/mol. The van der Waals surface area contributed by atoms with Crippen LogP contribution in [0.25, 0.3) is 0 Å². The fourth-order valence-electron chi connectivity index (χ4n) is 5.38. The van der Waals surface area contributed by atoms with Crippen LogP contribution in [0.4, 0.5) is 0 Å². The first-order valence-corrected chi connectivity index (χ1v) is 8.93. The smallest absolute Gasteiger partial charge is 0.161 e. The number of methoxy groups -OCH3 is 3. The molecular formula is C20H27NO4. The maximum absolute atomic E-state index is 11.0. The largest absolute Gasteiger partial charge is 0.504 e. The Morgan fingerprint density at radius 3 is 2.68 bits per heavy atom. The van der Waals surface area contributed by atoms with Crippen LogP contribution in [-0.2, 0) is 21.3 Å². The number of ether oxygens (including phenoxy) is 3. The van der Waals surface area contributed by atoms with Crippen LogP contribution in [0.3, 0.4) is 0 Å². The van der Waals surface area contributed by atoms with Gasteiger partial charge >= 0.3 is 0 Å². The first-order valence-electron chi connectivity index (χ1n) is 8.93. The molecule has 1 saturated heterocycles. The zero-order valence-electron chi connectivity index (χ0n) is 15.4. The van der Waals surface area contributed by atoms with Gasteiger partial charge in [0.25, 0.3) is 0 Å². The number of hydrogen-bond acceptors (Lipinski definition) is 5. The molecule has 136 valence electrons. The van der Waals surface area contributed by atoms with E-state index in [1.165, 1.54) is 5.56 Å². The number of likely N-dealkylation sites (N-methyl/N-ethyl adjacent to an activating group) is 1. The molecule has 0 saturated carbocycles. The van der Waals surface area contributed by atoms with E-state index in [0.29, 0.717) is 23.5 Å². The van der Waals surface area contributed by atoms with E-state index >= 15 is 0 Å². The standard InChI is InChI=1S/C20H27NO4/c1-21-8-7-20-11-17(25-4)16(24-3)10-13(20)14(21)9-12-5-6-15(23-2)19(22)18(12)20/h5-6,10,13-14,17,22H,7-9,11H2,1-4H3/t13?,14?,17?,20-/m1/s1. The SMILES string of the molecule is COC1=CC2C3Cc4ccc(OC)c(O)c4[C@]2(CCN3C)CC1OC. The number of rotatable bonds is 3. The second kappa shape index (κ2) is 5.92. The number of hydrogen-bond donors (Lipinski definition) is 1. The third-order valence-electron chi connectivity index (χ3n) is 6.63. The summed E-state index contributed by atoms with van der Waals surface area (Å²) in [5.41, 5.74) is 2.16. The lowest BCUT2D eigenvalue weighted by Crippen LogP contribution is -2.60. The third-order valence-corrected chi connectivity index (χ3v) is 6.63. The van der Waals surface area contributed by atoms with Crippen LogP contribution in [0, 0.1) is 5.92 Å². The molecule has 0 spiro atoms. The van der Waals surface area contributed by atoms with Crippen LogP contribution >= 0.6 is 0 Å². The van der Waals surface area contributed by atoms with E-state index in [4.69, 9.17) is 14.2 Å². The number of phenols is 1. The number of aromatic hydroxyl groups is 1. The average molecular weight is 345 g/mol. The van der Waals surface area contributed by atoms with Gasteiger partial charge in [0, 0.05) is 30.0 Å². The molecule has 1 fully saturated rings. The van der Waals surface area contributed by atoms with Gasteiger partial charge < -0.3 is 24.2 Å². The molecule has 5 nitrogen and oxygen atoms in total. The van der Waals surface area contributed by atoms with Crippen LogP contribution in [0.5, 0.6) is 11.5 Å². The van der Waals surface area contributed by atoms with Crippen molar-refractivity contribution in [3.63, 3.8) is 0 Å². The van der Waals surface area contributed by atoms with Crippen LogP contribution in [0.1, 0.15) is 24.0 Å². The maximum Gasteiger partial charge on any atom is 0.161 e. The van der Waals surface area contributed by atoms with E-state index in [9.17, 15) is 5.11 Å². The Balaban J connectivity index is 1.95. The van der Waals surface area contributed by atoms with Crippen LogP contribution < -0.4 is 4.74 Å². The van der Waals surface area contributed by atoms with Crippen molar-refractivity contribution in [1.29, 1.82) is 0 Å². The zero-order chi connectivity index (χ0) is 17.8. The van der Waals surface area contributed by atoms with Gasteiger partial charge in [-0.3, -0.25) is 0 Å². The van der Waals surface area contributed by atoms with Gasteiger partial charge in [-0.2, -0.15) is 0 Å². The Bertz CT molecular complexity index is 716. The van der Waals surface area contributed by atoms with Gasteiger partial charge in [-0.1, -0.05) is 6.07 Å². The minimum Gasteiger partial charge on any atom is -0.504 e. The number of fused-ring (bicyclic) bond motifs is 1. The first-order chi connectivity index (χ1) is 12.1. The fourth-order valence-corrected chi connectivity index (χ4v) is 5.38. The van der Waals surface area contributed by atoms with Crippen LogP contribution in [0.15, 0.2) is 24.0 Å². The lowest BCUT2D eigenvalue weighted by Gasteiger charge is -2.58. The van der Waals surface area contributed by atoms with E-state index in [1.807, 2.05) is 6.07 Å². The summed E-state index contributed by atoms with van der Waals surface area (Å²) in [7, 11) is 7.26. The molecule has 1 aromatic carbocycles. The summed E-state index contributed by atoms with van der Waals surface area (Å²) in [4.78, 5) is 2.45. The summed E-state index contributed by atoms with van der Waals surface area (Å²) in [6, 6.07) is 4.42. The molecule has 3 unspecified atom stereocenters. The Morgan fingerprint density at radius 2 is 2.00 bits per heavy atom. The molecule has 0 amide bonds. The topological polar surface area (TPSA) is 51.2 Å². The predicted octanol–water partition coefficient (Wildman–Crippen LogP) is 2.46. The van der Waals surface area contributed by atoms with Crippen molar-refractivity contribution in [3.8, 4) is 11.5 Å². The van der Waals surface area contributed by atoms with Gasteiger partial charge in [-0.15, -0.1) is 0 Å². The first kappa shape index (κ1) is 16.7. The molecule has 2 aliphatic carbocycles. The Morgan fingerprint density at radius 1 is 1.20 bits per heavy atom. The molecule has 0 radical (unpaired) electrons. The van der Waals surface area contributed by atoms with Crippen molar-refractivity contribution >= 4 is 0 Å². The van der Waals surface area contributed by atoms with E-state index in [2.05, 4.69) is 24.1 Å². The molecule has 25 heavy (non-hydrogen) atoms. The normalized spacial score (nSPS) is 33.9. The summed E-state index contributed by atoms with van der Waals surface area (Å²) < 4.78 is 16.8. The lowest BCUT2D eigenvalue weighted by atomic mass is 9.53. The van der Waals surface area contributed by atoms with Gasteiger partial charge in [0.2, 0.25) is 0 Å². The minimum atomic E-state index is -0.133. The maximum atomic E-state index is 11.0. The Hall–Kier alpha value is -1.72. The summed E-state index contributed by atoms with van der Waals surface area (Å²) >= 11 is 0. The highest BCUT2D eigenvalue weighted by Gasteiger charge is 2.56. The molecule has 1 heterocycles. The Labute approximate surface area is 149 Å². The van der Waals surface area contributed by atoms with Crippen LogP contribution in [0.2, 0.25) is 0 Å². The molecule has 3 aliphatic rings. The molecule has 0 aromatic heterocycles. The molecule has 1 aliphatic heterocycles. The summed E-state index contributed by atoms with van der Waals surface area (Å²) in [6.45, 7) is 1.02. The monoisotopic (exact) mass is 345 g/mol. The van der Waals surface area contributed by atoms with Gasteiger partial charge in [0.05, 0.1) is 14.2 Å². The van der Waals surface area contributed by atoms with E-state index in [-0.39, 0.29) is 11.5 Å². The molecule has 5 heteroatoms. The highest BCUT2D eigenvalue weighted by Crippen LogP contribution is 2.58. The predicted molar refractivity (Wildman–Crippen MR) is 95.1 cm³/mol. The molecule has 1 aromatic rings. The highest BCUT2D eigenvalue weighted by atomic mass is 16.5. The molecule has 4 atom stereocenters. The lowest BCUT2D eigenvalue weighted by molar-refractivity contribution is -0.0188. The number of piperidine rings is 1. The van der Waals surface area contributed by atoms with Gasteiger partial charge in [-0.25, -0.2) is 0 Å². The van der Waals surface area contributed by atoms with Crippen molar-refractivity contribution < 1.29 is 19.3 Å². The van der Waals surface area contributed by atoms with Crippen LogP contribution in [-0.4, -0.2) is 57.1 Å². The van der Waals surface area contributed by atoms with Gasteiger partial charge in [0.1, 0.15) is 11.9 Å². The summed E-state index contributed by atoms with van der Waals surface area (Å²) in [5.74, 6) is 2.07. The molecule has 1 N–H and O–H groups in total. The number of likely N-dealkylation sites (tertiary alicyclic amines) is 1. The highest BCUT2D eigenvalue weighted by molar-refractivity contribution is 5.57. The second-order valence-corrected chi connectivity index (χ2v) is 7.54. The van der Waals surface area contributed by atoms with Gasteiger partial charge in [0.15, 0.2) is 11.5 Å². The van der Waals surface area contributed by atoms with E-state index in [0.717, 1.165) is 37.1 Å². The Kier molecular flexibility index (Phi) is 3.96. The van der Waals surface area contributed by atoms with Crippen molar-refractivity contribution in [3.05, 3.63) is 35.1 Å². The minimum absolute atomic E-state index is 0.0816. The zero-order valence-corrected chi connectivity index (χ0v) is 15.4.